The zero-order valence-electron chi connectivity index (χ0n) is 11.0. The van der Waals surface area contributed by atoms with Crippen molar-refractivity contribution in [2.75, 3.05) is 26.2 Å². The molecule has 0 aromatic carbocycles. The van der Waals surface area contributed by atoms with Gasteiger partial charge in [0.2, 0.25) is 0 Å². The van der Waals surface area contributed by atoms with Crippen molar-refractivity contribution in [1.82, 2.24) is 10.2 Å². The molecule has 18 heavy (non-hydrogen) atoms. The number of rotatable bonds is 2. The predicted octanol–water partition coefficient (Wildman–Crippen LogP) is 0.540. The number of likely N-dealkylation sites (tertiary alicyclic amines) is 1. The molecule has 2 aliphatic rings. The van der Waals surface area contributed by atoms with Crippen molar-refractivity contribution in [2.45, 2.75) is 38.7 Å². The summed E-state index contributed by atoms with van der Waals surface area (Å²) in [5.74, 6) is -0.219. The van der Waals surface area contributed by atoms with Gasteiger partial charge in [-0.1, -0.05) is 6.92 Å². The van der Waals surface area contributed by atoms with Gasteiger partial charge in [0.1, 0.15) is 0 Å². The molecule has 102 valence electrons. The molecule has 1 unspecified atom stereocenters. The number of hydrogen-bond acceptors (Lipinski definition) is 3. The van der Waals surface area contributed by atoms with Gasteiger partial charge in [0, 0.05) is 26.2 Å². The van der Waals surface area contributed by atoms with Crippen LogP contribution in [-0.4, -0.2) is 49.1 Å². The molecular weight excluding hydrogens is 232 g/mol. The maximum atomic E-state index is 11.9. The first-order valence-electron chi connectivity index (χ1n) is 6.85. The number of carbonyl (C=O) groups is 2. The second-order valence-corrected chi connectivity index (χ2v) is 5.32. The second-order valence-electron chi connectivity index (χ2n) is 5.32. The molecule has 0 aromatic heterocycles. The topological polar surface area (TPSA) is 58.6 Å². The molecule has 2 saturated heterocycles. The summed E-state index contributed by atoms with van der Waals surface area (Å²) < 4.78 is 5.40. The minimum Gasteiger partial charge on any atom is -0.376 e. The third-order valence-electron chi connectivity index (χ3n) is 3.78. The van der Waals surface area contributed by atoms with E-state index in [2.05, 4.69) is 12.2 Å². The summed E-state index contributed by atoms with van der Waals surface area (Å²) in [7, 11) is 0. The fourth-order valence-electron chi connectivity index (χ4n) is 2.44. The van der Waals surface area contributed by atoms with Crippen LogP contribution in [0.3, 0.4) is 0 Å². The van der Waals surface area contributed by atoms with Crippen molar-refractivity contribution < 1.29 is 14.3 Å². The summed E-state index contributed by atoms with van der Waals surface area (Å²) in [6, 6.07) is 0. The summed E-state index contributed by atoms with van der Waals surface area (Å²) in [6.07, 6.45) is 4.08. The maximum absolute atomic E-state index is 11.9. The minimum absolute atomic E-state index is 0.0862. The van der Waals surface area contributed by atoms with Crippen LogP contribution in [0.5, 0.6) is 0 Å². The molecule has 5 nitrogen and oxygen atoms in total. The lowest BCUT2D eigenvalue weighted by molar-refractivity contribution is -0.146. The van der Waals surface area contributed by atoms with Gasteiger partial charge in [-0.3, -0.25) is 9.59 Å². The fraction of sp³-hybridized carbons (Fsp3) is 0.846. The van der Waals surface area contributed by atoms with E-state index < -0.39 is 5.91 Å². The molecule has 0 spiro atoms. The first-order valence-corrected chi connectivity index (χ1v) is 6.85. The van der Waals surface area contributed by atoms with Crippen LogP contribution in [0.4, 0.5) is 0 Å². The highest BCUT2D eigenvalue weighted by Gasteiger charge is 2.26. The average molecular weight is 254 g/mol. The van der Waals surface area contributed by atoms with Crippen molar-refractivity contribution in [3.05, 3.63) is 0 Å². The Morgan fingerprint density at radius 2 is 2.00 bits per heavy atom. The molecule has 0 aliphatic carbocycles. The fourth-order valence-corrected chi connectivity index (χ4v) is 2.44. The molecule has 0 bridgehead atoms. The standard InChI is InChI=1S/C13H22N2O3/c1-10-4-6-15(7-5-10)13(17)12(16)14-9-11-3-2-8-18-11/h10-11H,2-9H2,1H3,(H,14,16). The maximum Gasteiger partial charge on any atom is 0.311 e. The van der Waals surface area contributed by atoms with Crippen LogP contribution in [0, 0.1) is 5.92 Å². The van der Waals surface area contributed by atoms with Crippen molar-refractivity contribution >= 4 is 11.8 Å². The van der Waals surface area contributed by atoms with E-state index in [0.29, 0.717) is 25.6 Å². The molecule has 2 fully saturated rings. The van der Waals surface area contributed by atoms with E-state index in [1.807, 2.05) is 0 Å². The van der Waals surface area contributed by atoms with Gasteiger partial charge in [-0.25, -0.2) is 0 Å². The zero-order valence-corrected chi connectivity index (χ0v) is 11.0. The summed E-state index contributed by atoms with van der Waals surface area (Å²) in [6.45, 7) is 4.80. The van der Waals surface area contributed by atoms with Crippen LogP contribution in [-0.2, 0) is 14.3 Å². The van der Waals surface area contributed by atoms with Gasteiger partial charge in [-0.15, -0.1) is 0 Å². The number of nitrogens with one attached hydrogen (secondary N) is 1. The lowest BCUT2D eigenvalue weighted by atomic mass is 9.99. The highest BCUT2D eigenvalue weighted by atomic mass is 16.5. The molecule has 2 aliphatic heterocycles. The molecule has 0 saturated carbocycles. The quantitative estimate of drug-likeness (QED) is 0.732. The summed E-state index contributed by atoms with van der Waals surface area (Å²) in [5, 5.41) is 2.68. The normalized spacial score (nSPS) is 25.2. The van der Waals surface area contributed by atoms with E-state index in [1.54, 1.807) is 4.90 Å². The molecule has 1 atom stereocenters. The summed E-state index contributed by atoms with van der Waals surface area (Å²) >= 11 is 0. The van der Waals surface area contributed by atoms with E-state index >= 15 is 0 Å². The zero-order chi connectivity index (χ0) is 13.0. The molecule has 0 radical (unpaired) electrons. The van der Waals surface area contributed by atoms with E-state index in [0.717, 1.165) is 32.3 Å². The van der Waals surface area contributed by atoms with Crippen LogP contribution < -0.4 is 5.32 Å². The predicted molar refractivity (Wildman–Crippen MR) is 67.0 cm³/mol. The first kappa shape index (κ1) is 13.3. The highest BCUT2D eigenvalue weighted by Crippen LogP contribution is 2.16. The third kappa shape index (κ3) is 3.45. The van der Waals surface area contributed by atoms with Crippen molar-refractivity contribution in [3.63, 3.8) is 0 Å². The Labute approximate surface area is 108 Å². The van der Waals surface area contributed by atoms with Gasteiger partial charge < -0.3 is 15.0 Å². The van der Waals surface area contributed by atoms with Gasteiger partial charge >= 0.3 is 11.8 Å². The smallest absolute Gasteiger partial charge is 0.311 e. The molecule has 2 amide bonds. The Morgan fingerprint density at radius 3 is 2.61 bits per heavy atom. The first-order chi connectivity index (χ1) is 8.66. The Bertz CT molecular complexity index is 305. The molecule has 2 rings (SSSR count). The van der Waals surface area contributed by atoms with Gasteiger partial charge in [-0.2, -0.15) is 0 Å². The molecule has 5 heteroatoms. The Hall–Kier alpha value is -1.10. The van der Waals surface area contributed by atoms with Crippen LogP contribution in [0.25, 0.3) is 0 Å². The summed E-state index contributed by atoms with van der Waals surface area (Å²) in [4.78, 5) is 25.3. The van der Waals surface area contributed by atoms with Gasteiger partial charge in [0.15, 0.2) is 0 Å². The third-order valence-corrected chi connectivity index (χ3v) is 3.78. The van der Waals surface area contributed by atoms with E-state index in [1.165, 1.54) is 0 Å². The van der Waals surface area contributed by atoms with Crippen molar-refractivity contribution in [3.8, 4) is 0 Å². The molecular formula is C13H22N2O3. The largest absolute Gasteiger partial charge is 0.376 e. The number of carbonyl (C=O) groups excluding carboxylic acids is 2. The number of nitrogens with zero attached hydrogens (tertiary/aromatic N) is 1. The Balaban J connectivity index is 1.72. The SMILES string of the molecule is CC1CCN(C(=O)C(=O)NCC2CCCO2)CC1. The van der Waals surface area contributed by atoms with Gasteiger partial charge in [0.25, 0.3) is 0 Å². The number of piperidine rings is 1. The number of hydrogen-bond donors (Lipinski definition) is 1. The lowest BCUT2D eigenvalue weighted by Crippen LogP contribution is -2.47. The van der Waals surface area contributed by atoms with E-state index in [9.17, 15) is 9.59 Å². The van der Waals surface area contributed by atoms with E-state index in [4.69, 9.17) is 4.74 Å². The Kier molecular flexibility index (Phi) is 4.58. The van der Waals surface area contributed by atoms with Gasteiger partial charge in [-0.05, 0) is 31.6 Å². The Morgan fingerprint density at radius 1 is 1.28 bits per heavy atom. The van der Waals surface area contributed by atoms with Crippen LogP contribution in [0.2, 0.25) is 0 Å². The lowest BCUT2D eigenvalue weighted by Gasteiger charge is -2.29. The highest BCUT2D eigenvalue weighted by molar-refractivity contribution is 6.35. The number of amides is 2. The molecule has 0 aromatic rings. The van der Waals surface area contributed by atoms with Crippen LogP contribution in [0.1, 0.15) is 32.6 Å². The van der Waals surface area contributed by atoms with Crippen molar-refractivity contribution in [2.24, 2.45) is 5.92 Å². The number of ether oxygens (including phenoxy) is 1. The molecule has 1 N–H and O–H groups in total. The van der Waals surface area contributed by atoms with Crippen LogP contribution in [0.15, 0.2) is 0 Å². The molecule has 2 heterocycles. The van der Waals surface area contributed by atoms with Crippen molar-refractivity contribution in [1.29, 1.82) is 0 Å². The van der Waals surface area contributed by atoms with Crippen LogP contribution >= 0.6 is 0 Å². The van der Waals surface area contributed by atoms with E-state index in [-0.39, 0.29) is 12.0 Å². The monoisotopic (exact) mass is 254 g/mol. The van der Waals surface area contributed by atoms with Gasteiger partial charge in [0.05, 0.1) is 6.10 Å². The minimum atomic E-state index is -0.486. The average Bonchev–Trinajstić information content (AvgIpc) is 2.89. The summed E-state index contributed by atoms with van der Waals surface area (Å²) in [5.41, 5.74) is 0. The second kappa shape index (κ2) is 6.18.